The summed E-state index contributed by atoms with van der Waals surface area (Å²) in [4.78, 5) is 12.4. The predicted molar refractivity (Wildman–Crippen MR) is 96.6 cm³/mol. The number of aryl methyl sites for hydroxylation is 2. The Bertz CT molecular complexity index is 704. The van der Waals surface area contributed by atoms with Gasteiger partial charge in [-0.1, -0.05) is 42.3 Å². The number of rotatable bonds is 5. The van der Waals surface area contributed by atoms with E-state index in [1.807, 2.05) is 18.4 Å². The van der Waals surface area contributed by atoms with Crippen molar-refractivity contribution in [2.45, 2.75) is 62.9 Å². The number of nitrogens with one attached hydrogen (secondary N) is 1. The van der Waals surface area contributed by atoms with Gasteiger partial charge in [-0.25, -0.2) is 0 Å². The number of amides is 1. The predicted octanol–water partition coefficient (Wildman–Crippen LogP) is 3.42. The van der Waals surface area contributed by atoms with Crippen molar-refractivity contribution < 1.29 is 4.79 Å². The van der Waals surface area contributed by atoms with Crippen molar-refractivity contribution in [2.24, 2.45) is 0 Å². The van der Waals surface area contributed by atoms with E-state index in [1.54, 1.807) is 0 Å². The molecule has 1 fully saturated rings. The summed E-state index contributed by atoms with van der Waals surface area (Å²) in [5.41, 5.74) is 2.23. The monoisotopic (exact) mass is 344 g/mol. The normalized spacial score (nSPS) is 16.3. The van der Waals surface area contributed by atoms with Gasteiger partial charge in [-0.15, -0.1) is 10.2 Å². The number of carbonyl (C=O) groups is 1. The molecule has 1 saturated carbocycles. The van der Waals surface area contributed by atoms with Crippen molar-refractivity contribution in [3.8, 4) is 5.69 Å². The van der Waals surface area contributed by atoms with Crippen LogP contribution in [0.5, 0.6) is 0 Å². The zero-order valence-corrected chi connectivity index (χ0v) is 15.3. The van der Waals surface area contributed by atoms with Gasteiger partial charge in [-0.2, -0.15) is 0 Å². The molecule has 1 amide bonds. The van der Waals surface area contributed by atoms with E-state index in [0.29, 0.717) is 6.04 Å². The third kappa shape index (κ3) is 3.80. The zero-order valence-electron chi connectivity index (χ0n) is 14.5. The molecule has 1 N–H and O–H groups in total. The maximum atomic E-state index is 12.4. The summed E-state index contributed by atoms with van der Waals surface area (Å²) in [6, 6.07) is 8.59. The third-order valence-electron chi connectivity index (χ3n) is 4.44. The topological polar surface area (TPSA) is 59.8 Å². The molecule has 1 heterocycles. The van der Waals surface area contributed by atoms with Gasteiger partial charge >= 0.3 is 0 Å². The minimum atomic E-state index is -0.196. The number of carbonyl (C=O) groups excluding carboxylic acids is 1. The van der Waals surface area contributed by atoms with Crippen LogP contribution in [0.2, 0.25) is 0 Å². The minimum absolute atomic E-state index is 0.0861. The lowest BCUT2D eigenvalue weighted by atomic mass is 10.2. The Morgan fingerprint density at radius 1 is 1.21 bits per heavy atom. The molecule has 0 saturated heterocycles. The van der Waals surface area contributed by atoms with E-state index >= 15 is 0 Å². The molecule has 24 heavy (non-hydrogen) atoms. The second kappa shape index (κ2) is 7.38. The molecule has 1 atom stereocenters. The molecule has 6 heteroatoms. The highest BCUT2D eigenvalue weighted by Gasteiger charge is 2.23. The number of hydrogen-bond donors (Lipinski definition) is 1. The van der Waals surface area contributed by atoms with Gasteiger partial charge in [0.1, 0.15) is 5.82 Å². The molecule has 128 valence electrons. The van der Waals surface area contributed by atoms with Gasteiger partial charge in [0, 0.05) is 11.7 Å². The minimum Gasteiger partial charge on any atom is -0.352 e. The third-order valence-corrected chi connectivity index (χ3v) is 5.48. The van der Waals surface area contributed by atoms with Crippen molar-refractivity contribution in [1.29, 1.82) is 0 Å². The second-order valence-corrected chi connectivity index (χ2v) is 7.76. The van der Waals surface area contributed by atoms with Gasteiger partial charge in [-0.05, 0) is 45.7 Å². The van der Waals surface area contributed by atoms with E-state index in [1.165, 1.54) is 30.2 Å². The average molecular weight is 344 g/mol. The first-order valence-corrected chi connectivity index (χ1v) is 9.38. The molecule has 0 aliphatic heterocycles. The van der Waals surface area contributed by atoms with Gasteiger partial charge in [0.15, 0.2) is 5.16 Å². The van der Waals surface area contributed by atoms with Gasteiger partial charge in [-0.3, -0.25) is 9.36 Å². The number of benzene rings is 1. The van der Waals surface area contributed by atoms with Crippen molar-refractivity contribution in [3.05, 3.63) is 35.7 Å². The highest BCUT2D eigenvalue weighted by Crippen LogP contribution is 2.26. The summed E-state index contributed by atoms with van der Waals surface area (Å²) in [5.74, 6) is 0.910. The number of thioether (sulfide) groups is 1. The number of hydrogen-bond acceptors (Lipinski definition) is 4. The first-order chi connectivity index (χ1) is 11.5. The Hall–Kier alpha value is -1.82. The maximum Gasteiger partial charge on any atom is 0.233 e. The van der Waals surface area contributed by atoms with Crippen molar-refractivity contribution in [3.63, 3.8) is 0 Å². The Kier molecular flexibility index (Phi) is 5.23. The molecule has 1 aliphatic rings. The Labute approximate surface area is 147 Å². The van der Waals surface area contributed by atoms with E-state index in [-0.39, 0.29) is 11.2 Å². The highest BCUT2D eigenvalue weighted by atomic mass is 32.2. The van der Waals surface area contributed by atoms with Crippen LogP contribution in [0.25, 0.3) is 5.69 Å². The van der Waals surface area contributed by atoms with E-state index in [2.05, 4.69) is 46.7 Å². The van der Waals surface area contributed by atoms with Crippen LogP contribution in [0, 0.1) is 13.8 Å². The molecule has 1 aliphatic carbocycles. The fourth-order valence-electron chi connectivity index (χ4n) is 3.01. The average Bonchev–Trinajstić information content (AvgIpc) is 3.19. The first kappa shape index (κ1) is 17.0. The highest BCUT2D eigenvalue weighted by molar-refractivity contribution is 8.00. The van der Waals surface area contributed by atoms with E-state index < -0.39 is 0 Å². The molecule has 0 radical (unpaired) electrons. The summed E-state index contributed by atoms with van der Waals surface area (Å²) < 4.78 is 2.00. The summed E-state index contributed by atoms with van der Waals surface area (Å²) in [6.07, 6.45) is 4.63. The van der Waals surface area contributed by atoms with Crippen molar-refractivity contribution >= 4 is 17.7 Å². The van der Waals surface area contributed by atoms with Crippen molar-refractivity contribution in [2.75, 3.05) is 0 Å². The SMILES string of the molecule is Cc1ccc(-n2c(C)nnc2S[C@H](C)C(=O)NC2CCCC2)cc1. The lowest BCUT2D eigenvalue weighted by molar-refractivity contribution is -0.120. The fraction of sp³-hybridized carbons (Fsp3) is 0.500. The quantitative estimate of drug-likeness (QED) is 0.844. The van der Waals surface area contributed by atoms with Crippen LogP contribution < -0.4 is 5.32 Å². The maximum absolute atomic E-state index is 12.4. The van der Waals surface area contributed by atoms with Gasteiger partial charge in [0.25, 0.3) is 0 Å². The number of nitrogens with zero attached hydrogens (tertiary/aromatic N) is 3. The smallest absolute Gasteiger partial charge is 0.233 e. The summed E-state index contributed by atoms with van der Waals surface area (Å²) in [6.45, 7) is 5.92. The van der Waals surface area contributed by atoms with Gasteiger partial charge in [0.2, 0.25) is 5.91 Å². The van der Waals surface area contributed by atoms with E-state index in [0.717, 1.165) is 29.5 Å². The van der Waals surface area contributed by atoms with Crippen LogP contribution in [-0.2, 0) is 4.79 Å². The van der Waals surface area contributed by atoms with E-state index in [4.69, 9.17) is 0 Å². The molecule has 0 unspecified atom stereocenters. The molecular weight excluding hydrogens is 320 g/mol. The molecule has 3 rings (SSSR count). The van der Waals surface area contributed by atoms with Crippen LogP contribution in [0.1, 0.15) is 44.0 Å². The lowest BCUT2D eigenvalue weighted by Gasteiger charge is -2.16. The molecule has 5 nitrogen and oxygen atoms in total. The molecule has 0 bridgehead atoms. The van der Waals surface area contributed by atoms with Crippen LogP contribution in [0.3, 0.4) is 0 Å². The standard InChI is InChI=1S/C18H24N4OS/c1-12-8-10-16(11-9-12)22-14(3)20-21-18(22)24-13(2)17(23)19-15-6-4-5-7-15/h8-11,13,15H,4-7H2,1-3H3,(H,19,23)/t13-/m1/s1. The summed E-state index contributed by atoms with van der Waals surface area (Å²) in [5, 5.41) is 12.2. The van der Waals surface area contributed by atoms with E-state index in [9.17, 15) is 4.79 Å². The van der Waals surface area contributed by atoms with Crippen LogP contribution in [0.15, 0.2) is 29.4 Å². The van der Waals surface area contributed by atoms with Gasteiger partial charge < -0.3 is 5.32 Å². The van der Waals surface area contributed by atoms with Crippen LogP contribution in [0.4, 0.5) is 0 Å². The Morgan fingerprint density at radius 3 is 2.54 bits per heavy atom. The summed E-state index contributed by atoms with van der Waals surface area (Å²) in [7, 11) is 0. The molecule has 1 aromatic heterocycles. The van der Waals surface area contributed by atoms with Crippen LogP contribution in [-0.4, -0.2) is 32.0 Å². The first-order valence-electron chi connectivity index (χ1n) is 8.50. The largest absolute Gasteiger partial charge is 0.352 e. The molecule has 0 spiro atoms. The van der Waals surface area contributed by atoms with Crippen LogP contribution >= 0.6 is 11.8 Å². The zero-order chi connectivity index (χ0) is 17.1. The van der Waals surface area contributed by atoms with Crippen molar-refractivity contribution in [1.82, 2.24) is 20.1 Å². The molecule has 1 aromatic carbocycles. The fourth-order valence-corrected chi connectivity index (χ4v) is 3.93. The second-order valence-electron chi connectivity index (χ2n) is 6.45. The number of aromatic nitrogens is 3. The molecule has 2 aromatic rings. The van der Waals surface area contributed by atoms with Gasteiger partial charge in [0.05, 0.1) is 5.25 Å². The Morgan fingerprint density at radius 2 is 1.88 bits per heavy atom. The Balaban J connectivity index is 1.73. The molecular formula is C18H24N4OS. The lowest BCUT2D eigenvalue weighted by Crippen LogP contribution is -2.37. The summed E-state index contributed by atoms with van der Waals surface area (Å²) >= 11 is 1.46.